The van der Waals surface area contributed by atoms with Gasteiger partial charge in [0.1, 0.15) is 4.88 Å². The Kier molecular flexibility index (Phi) is 6.09. The van der Waals surface area contributed by atoms with Crippen LogP contribution in [0.3, 0.4) is 0 Å². The number of amides is 1. The summed E-state index contributed by atoms with van der Waals surface area (Å²) in [5.41, 5.74) is 0.432. The van der Waals surface area contributed by atoms with Crippen molar-refractivity contribution in [2.45, 2.75) is 11.7 Å². The Labute approximate surface area is 163 Å². The lowest BCUT2D eigenvalue weighted by Crippen LogP contribution is -2.16. The van der Waals surface area contributed by atoms with Crippen molar-refractivity contribution in [2.75, 3.05) is 18.2 Å². The summed E-state index contributed by atoms with van der Waals surface area (Å²) >= 11 is 2.44. The number of rotatable bonds is 8. The Bertz CT molecular complexity index is 946. The van der Waals surface area contributed by atoms with Crippen molar-refractivity contribution >= 4 is 40.7 Å². The van der Waals surface area contributed by atoms with Crippen LogP contribution in [0.25, 0.3) is 11.6 Å². The largest absolute Gasteiger partial charge is 0.465 e. The van der Waals surface area contributed by atoms with Crippen molar-refractivity contribution in [1.82, 2.24) is 14.8 Å². The molecule has 3 heterocycles. The Balaban J connectivity index is 1.68. The van der Waals surface area contributed by atoms with Crippen LogP contribution in [0.1, 0.15) is 9.67 Å². The lowest BCUT2D eigenvalue weighted by atomic mass is 10.4. The number of ether oxygens (including phenoxy) is 1. The van der Waals surface area contributed by atoms with Gasteiger partial charge in [0.15, 0.2) is 10.9 Å². The molecule has 3 aromatic heterocycles. The van der Waals surface area contributed by atoms with Crippen LogP contribution in [0.2, 0.25) is 0 Å². The van der Waals surface area contributed by atoms with Crippen molar-refractivity contribution in [3.8, 4) is 11.6 Å². The molecule has 1 N–H and O–H groups in total. The summed E-state index contributed by atoms with van der Waals surface area (Å²) in [6, 6.07) is 5.21. The van der Waals surface area contributed by atoms with Crippen LogP contribution < -0.4 is 5.32 Å². The molecular weight excluding hydrogens is 388 g/mol. The molecule has 10 heteroatoms. The van der Waals surface area contributed by atoms with Gasteiger partial charge in [0.05, 0.1) is 24.8 Å². The molecule has 0 saturated carbocycles. The molecule has 0 aliphatic carbocycles. The number of thiophene rings is 1. The average molecular weight is 404 g/mol. The number of nitrogens with zero attached hydrogens (tertiary/aromatic N) is 3. The summed E-state index contributed by atoms with van der Waals surface area (Å²) in [7, 11) is 1.30. The number of aromatic nitrogens is 3. The monoisotopic (exact) mass is 404 g/mol. The van der Waals surface area contributed by atoms with Crippen molar-refractivity contribution in [3.05, 3.63) is 47.4 Å². The zero-order valence-corrected chi connectivity index (χ0v) is 16.0. The standard InChI is InChI=1S/C17H16N4O4S2/c1-3-7-21-15(12-5-4-8-25-12)19-20-17(21)27-10-13(22)18-11-6-9-26-14(11)16(23)24-2/h3-6,8-9H,1,7,10H2,2H3,(H,18,22). The number of thioether (sulfide) groups is 1. The Morgan fingerprint density at radius 3 is 3.00 bits per heavy atom. The quantitative estimate of drug-likeness (QED) is 0.349. The Morgan fingerprint density at radius 2 is 2.30 bits per heavy atom. The van der Waals surface area contributed by atoms with E-state index < -0.39 is 5.97 Å². The number of allylic oxidation sites excluding steroid dienone is 1. The van der Waals surface area contributed by atoms with E-state index in [0.29, 0.717) is 33.9 Å². The fraction of sp³-hybridized carbons (Fsp3) is 0.176. The normalized spacial score (nSPS) is 10.6. The van der Waals surface area contributed by atoms with Crippen LogP contribution in [0.15, 0.2) is 52.1 Å². The van der Waals surface area contributed by atoms with E-state index in [-0.39, 0.29) is 11.7 Å². The van der Waals surface area contributed by atoms with Crippen molar-refractivity contribution in [3.63, 3.8) is 0 Å². The molecule has 3 aromatic rings. The van der Waals surface area contributed by atoms with Gasteiger partial charge in [0.2, 0.25) is 11.7 Å². The molecule has 0 saturated heterocycles. The van der Waals surface area contributed by atoms with E-state index in [0.717, 1.165) is 0 Å². The maximum atomic E-state index is 12.3. The van der Waals surface area contributed by atoms with Crippen molar-refractivity contribution < 1.29 is 18.7 Å². The van der Waals surface area contributed by atoms with Gasteiger partial charge in [-0.1, -0.05) is 17.8 Å². The highest BCUT2D eigenvalue weighted by molar-refractivity contribution is 7.99. The third-order valence-corrected chi connectivity index (χ3v) is 5.27. The van der Waals surface area contributed by atoms with Gasteiger partial charge in [0.25, 0.3) is 0 Å². The second-order valence-electron chi connectivity index (χ2n) is 5.17. The second-order valence-corrected chi connectivity index (χ2v) is 7.03. The van der Waals surface area contributed by atoms with Crippen molar-refractivity contribution in [2.24, 2.45) is 0 Å². The topological polar surface area (TPSA) is 99.2 Å². The maximum Gasteiger partial charge on any atom is 0.350 e. The number of esters is 1. The molecule has 0 unspecified atom stereocenters. The predicted octanol–water partition coefficient (Wildman–Crippen LogP) is 3.30. The number of methoxy groups -OCH3 is 1. The van der Waals surface area contributed by atoms with Gasteiger partial charge in [-0.3, -0.25) is 9.36 Å². The van der Waals surface area contributed by atoms with E-state index in [4.69, 9.17) is 9.15 Å². The summed E-state index contributed by atoms with van der Waals surface area (Å²) in [4.78, 5) is 24.3. The first kappa shape index (κ1) is 18.9. The number of anilines is 1. The highest BCUT2D eigenvalue weighted by Crippen LogP contribution is 2.26. The molecule has 0 atom stereocenters. The number of nitrogens with one attached hydrogen (secondary N) is 1. The van der Waals surface area contributed by atoms with Gasteiger partial charge < -0.3 is 14.5 Å². The van der Waals surface area contributed by atoms with Crippen LogP contribution in [-0.4, -0.2) is 39.5 Å². The summed E-state index contributed by atoms with van der Waals surface area (Å²) in [5, 5.41) is 13.3. The molecule has 140 valence electrons. The first-order valence-electron chi connectivity index (χ1n) is 7.80. The van der Waals surface area contributed by atoms with Crippen LogP contribution in [0.5, 0.6) is 0 Å². The van der Waals surface area contributed by atoms with E-state index in [1.807, 2.05) is 4.57 Å². The minimum atomic E-state index is -0.484. The number of hydrogen-bond acceptors (Lipinski definition) is 8. The summed E-state index contributed by atoms with van der Waals surface area (Å²) in [5.74, 6) is 0.498. The first-order chi connectivity index (χ1) is 13.1. The van der Waals surface area contributed by atoms with Gasteiger partial charge in [-0.25, -0.2) is 4.79 Å². The first-order valence-corrected chi connectivity index (χ1v) is 9.67. The number of furan rings is 1. The summed E-state index contributed by atoms with van der Waals surface area (Å²) in [6.45, 7) is 4.22. The highest BCUT2D eigenvalue weighted by atomic mass is 32.2. The van der Waals surface area contributed by atoms with Crippen LogP contribution in [-0.2, 0) is 16.1 Å². The molecule has 27 heavy (non-hydrogen) atoms. The zero-order valence-electron chi connectivity index (χ0n) is 14.4. The fourth-order valence-corrected chi connectivity index (χ4v) is 3.77. The fourth-order valence-electron chi connectivity index (χ4n) is 2.25. The summed E-state index contributed by atoms with van der Waals surface area (Å²) in [6.07, 6.45) is 3.27. The number of carbonyl (C=O) groups is 2. The molecule has 0 spiro atoms. The number of carbonyl (C=O) groups excluding carboxylic acids is 2. The van der Waals surface area contributed by atoms with Gasteiger partial charge >= 0.3 is 5.97 Å². The maximum absolute atomic E-state index is 12.3. The van der Waals surface area contributed by atoms with Gasteiger partial charge in [-0.05, 0) is 23.6 Å². The minimum absolute atomic E-state index is 0.101. The SMILES string of the molecule is C=CCn1c(SCC(=O)Nc2ccsc2C(=O)OC)nnc1-c1ccco1. The van der Waals surface area contributed by atoms with Crippen molar-refractivity contribution in [1.29, 1.82) is 0 Å². The molecule has 0 aromatic carbocycles. The second kappa shape index (κ2) is 8.69. The predicted molar refractivity (Wildman–Crippen MR) is 103 cm³/mol. The lowest BCUT2D eigenvalue weighted by Gasteiger charge is -2.07. The molecule has 0 aliphatic heterocycles. The molecule has 0 aliphatic rings. The third-order valence-electron chi connectivity index (χ3n) is 3.41. The Hall–Kier alpha value is -2.85. The van der Waals surface area contributed by atoms with E-state index in [1.54, 1.807) is 35.9 Å². The Morgan fingerprint density at radius 1 is 1.44 bits per heavy atom. The van der Waals surface area contributed by atoms with E-state index in [1.165, 1.54) is 30.2 Å². The smallest absolute Gasteiger partial charge is 0.350 e. The van der Waals surface area contributed by atoms with Gasteiger partial charge in [0, 0.05) is 6.54 Å². The van der Waals surface area contributed by atoms with Gasteiger partial charge in [-0.2, -0.15) is 0 Å². The van der Waals surface area contributed by atoms with Crippen LogP contribution in [0, 0.1) is 0 Å². The van der Waals surface area contributed by atoms with E-state index in [9.17, 15) is 9.59 Å². The van der Waals surface area contributed by atoms with Crippen LogP contribution >= 0.6 is 23.1 Å². The van der Waals surface area contributed by atoms with E-state index in [2.05, 4.69) is 22.1 Å². The molecule has 0 radical (unpaired) electrons. The highest BCUT2D eigenvalue weighted by Gasteiger charge is 2.18. The average Bonchev–Trinajstić information content (AvgIpc) is 3.40. The summed E-state index contributed by atoms with van der Waals surface area (Å²) < 4.78 is 11.9. The third kappa shape index (κ3) is 4.29. The zero-order chi connectivity index (χ0) is 19.2. The lowest BCUT2D eigenvalue weighted by molar-refractivity contribution is -0.113. The molecular formula is C17H16N4O4S2. The van der Waals surface area contributed by atoms with Crippen LogP contribution in [0.4, 0.5) is 5.69 Å². The number of hydrogen-bond donors (Lipinski definition) is 1. The molecule has 0 bridgehead atoms. The minimum Gasteiger partial charge on any atom is -0.465 e. The molecule has 8 nitrogen and oxygen atoms in total. The molecule has 3 rings (SSSR count). The molecule has 0 fully saturated rings. The van der Waals surface area contributed by atoms with E-state index >= 15 is 0 Å². The molecule has 1 amide bonds. The van der Waals surface area contributed by atoms with Gasteiger partial charge in [-0.15, -0.1) is 28.1 Å².